The summed E-state index contributed by atoms with van der Waals surface area (Å²) < 4.78 is 0. The first-order valence-electron chi connectivity index (χ1n) is 11.1. The maximum atomic E-state index is 12.5. The Hall–Kier alpha value is -3.88. The molecule has 0 aliphatic heterocycles. The number of aromatic nitrogens is 1. The number of hydrogen-bond acceptors (Lipinski definition) is 4. The average molecular weight is 464 g/mol. The van der Waals surface area contributed by atoms with Crippen molar-refractivity contribution in [3.63, 3.8) is 0 Å². The minimum absolute atomic E-state index is 0.0606. The zero-order valence-corrected chi connectivity index (χ0v) is 20.0. The largest absolute Gasteiger partial charge is 0.326 e. The number of thioether (sulfide) groups is 1. The van der Waals surface area contributed by atoms with Crippen molar-refractivity contribution < 1.29 is 4.79 Å². The summed E-state index contributed by atoms with van der Waals surface area (Å²) >= 11 is 1.44. The molecule has 0 radical (unpaired) electrons. The molecule has 1 N–H and O–H groups in total. The van der Waals surface area contributed by atoms with Crippen molar-refractivity contribution in [1.29, 1.82) is 5.26 Å². The molecule has 0 bridgehead atoms. The van der Waals surface area contributed by atoms with E-state index in [4.69, 9.17) is 4.98 Å². The van der Waals surface area contributed by atoms with Crippen molar-refractivity contribution in [3.8, 4) is 28.5 Å². The van der Waals surface area contributed by atoms with Crippen LogP contribution in [0.1, 0.15) is 23.1 Å². The number of carbonyl (C=O) groups excluding carboxylic acids is 1. The van der Waals surface area contributed by atoms with Gasteiger partial charge < -0.3 is 5.32 Å². The molecular weight excluding hydrogens is 438 g/mol. The van der Waals surface area contributed by atoms with E-state index in [2.05, 4.69) is 11.4 Å². The second-order valence-electron chi connectivity index (χ2n) is 8.10. The maximum Gasteiger partial charge on any atom is 0.225 e. The topological polar surface area (TPSA) is 65.8 Å². The highest BCUT2D eigenvalue weighted by molar-refractivity contribution is 7.99. The number of nitrogens with zero attached hydrogens (tertiary/aromatic N) is 2. The molecule has 168 valence electrons. The molecule has 34 heavy (non-hydrogen) atoms. The number of pyridine rings is 1. The van der Waals surface area contributed by atoms with Crippen molar-refractivity contribution in [2.45, 2.75) is 25.3 Å². The molecule has 0 unspecified atom stereocenters. The third kappa shape index (κ3) is 5.72. The average Bonchev–Trinajstić information content (AvgIpc) is 2.84. The van der Waals surface area contributed by atoms with Crippen LogP contribution in [0.5, 0.6) is 0 Å². The summed E-state index contributed by atoms with van der Waals surface area (Å²) in [6.45, 7) is 4.03. The minimum Gasteiger partial charge on any atom is -0.326 e. The van der Waals surface area contributed by atoms with Gasteiger partial charge in [-0.1, -0.05) is 72.3 Å². The third-order valence-corrected chi connectivity index (χ3v) is 6.38. The highest BCUT2D eigenvalue weighted by Gasteiger charge is 2.16. The third-order valence-electron chi connectivity index (χ3n) is 5.40. The van der Waals surface area contributed by atoms with Crippen molar-refractivity contribution in [2.24, 2.45) is 0 Å². The molecule has 3 aromatic carbocycles. The Balaban J connectivity index is 1.60. The van der Waals surface area contributed by atoms with Gasteiger partial charge in [-0.2, -0.15) is 5.26 Å². The van der Waals surface area contributed by atoms with E-state index >= 15 is 0 Å². The monoisotopic (exact) mass is 463 g/mol. The fourth-order valence-corrected chi connectivity index (χ4v) is 4.58. The molecule has 4 aromatic rings. The molecule has 1 amide bonds. The minimum atomic E-state index is -0.0606. The number of nitrogens with one attached hydrogen (secondary N) is 1. The van der Waals surface area contributed by atoms with Gasteiger partial charge >= 0.3 is 0 Å². The second-order valence-corrected chi connectivity index (χ2v) is 9.18. The van der Waals surface area contributed by atoms with Crippen LogP contribution in [0.2, 0.25) is 0 Å². The molecule has 1 aromatic heterocycles. The Kier molecular flexibility index (Phi) is 7.41. The van der Waals surface area contributed by atoms with Crippen LogP contribution in [-0.2, 0) is 4.79 Å². The quantitative estimate of drug-likeness (QED) is 0.299. The van der Waals surface area contributed by atoms with Gasteiger partial charge in [-0.3, -0.25) is 4.79 Å². The maximum absolute atomic E-state index is 12.5. The van der Waals surface area contributed by atoms with E-state index in [9.17, 15) is 10.1 Å². The molecule has 0 atom stereocenters. The molecule has 4 nitrogen and oxygen atoms in total. The van der Waals surface area contributed by atoms with Crippen LogP contribution in [-0.4, -0.2) is 16.6 Å². The highest BCUT2D eigenvalue weighted by Crippen LogP contribution is 2.34. The number of hydrogen-bond donors (Lipinski definition) is 1. The van der Waals surface area contributed by atoms with Crippen LogP contribution < -0.4 is 5.32 Å². The fourth-order valence-electron chi connectivity index (χ4n) is 3.64. The first-order valence-corrected chi connectivity index (χ1v) is 12.1. The van der Waals surface area contributed by atoms with Gasteiger partial charge in [-0.25, -0.2) is 4.98 Å². The first kappa shape index (κ1) is 23.3. The van der Waals surface area contributed by atoms with Gasteiger partial charge in [0, 0.05) is 29.0 Å². The lowest BCUT2D eigenvalue weighted by Gasteiger charge is -2.13. The Morgan fingerprint density at radius 3 is 2.38 bits per heavy atom. The molecule has 5 heteroatoms. The van der Waals surface area contributed by atoms with Crippen LogP contribution in [0.25, 0.3) is 22.4 Å². The predicted molar refractivity (Wildman–Crippen MR) is 140 cm³/mol. The van der Waals surface area contributed by atoms with Gasteiger partial charge in [0.2, 0.25) is 5.91 Å². The summed E-state index contributed by atoms with van der Waals surface area (Å²) in [4.78, 5) is 17.3. The number of rotatable bonds is 7. The lowest BCUT2D eigenvalue weighted by atomic mass is 9.98. The number of benzene rings is 3. The normalized spacial score (nSPS) is 10.5. The Morgan fingerprint density at radius 2 is 1.68 bits per heavy atom. The van der Waals surface area contributed by atoms with E-state index < -0.39 is 0 Å². The number of anilines is 1. The van der Waals surface area contributed by atoms with E-state index in [1.807, 2.05) is 98.8 Å². The molecule has 1 heterocycles. The molecular formula is C29H25N3OS. The van der Waals surface area contributed by atoms with Crippen LogP contribution >= 0.6 is 11.8 Å². The van der Waals surface area contributed by atoms with Gasteiger partial charge in [0.15, 0.2) is 0 Å². The predicted octanol–water partition coefficient (Wildman–Crippen LogP) is 7.03. The zero-order chi connectivity index (χ0) is 23.9. The number of nitriles is 1. The molecule has 0 aliphatic carbocycles. The lowest BCUT2D eigenvalue weighted by Crippen LogP contribution is -2.12. The summed E-state index contributed by atoms with van der Waals surface area (Å²) in [5.41, 5.74) is 7.20. The molecule has 4 rings (SSSR count). The van der Waals surface area contributed by atoms with Gasteiger partial charge in [-0.15, -0.1) is 11.8 Å². The van der Waals surface area contributed by atoms with Gasteiger partial charge in [-0.05, 0) is 43.2 Å². The second kappa shape index (κ2) is 10.8. The number of amides is 1. The number of aryl methyl sites for hydroxylation is 2. The van der Waals surface area contributed by atoms with E-state index in [-0.39, 0.29) is 5.91 Å². The Bertz CT molecular complexity index is 1340. The fraction of sp³-hybridized carbons (Fsp3) is 0.138. The summed E-state index contributed by atoms with van der Waals surface area (Å²) in [6, 6.07) is 30.2. The molecule has 0 spiro atoms. The van der Waals surface area contributed by atoms with Crippen molar-refractivity contribution >= 4 is 23.4 Å². The SMILES string of the molecule is Cc1ccc(-c2cc(-c3ccccc3)nc(SCCC(=O)Nc3cccc(C)c3)c2C#N)cc1. The zero-order valence-electron chi connectivity index (χ0n) is 19.2. The van der Waals surface area contributed by atoms with Gasteiger partial charge in [0.1, 0.15) is 11.1 Å². The van der Waals surface area contributed by atoms with Crippen LogP contribution in [0.15, 0.2) is 90.0 Å². The van der Waals surface area contributed by atoms with Crippen molar-refractivity contribution in [1.82, 2.24) is 4.98 Å². The van der Waals surface area contributed by atoms with E-state index in [0.717, 1.165) is 39.2 Å². The number of carbonyl (C=O) groups is 1. The Labute approximate surface area is 204 Å². The van der Waals surface area contributed by atoms with Gasteiger partial charge in [0.05, 0.1) is 11.3 Å². The Morgan fingerprint density at radius 1 is 0.912 bits per heavy atom. The first-order chi connectivity index (χ1) is 16.5. The van der Waals surface area contributed by atoms with Crippen LogP contribution in [0, 0.1) is 25.2 Å². The van der Waals surface area contributed by atoms with E-state index in [0.29, 0.717) is 22.8 Å². The molecule has 0 saturated carbocycles. The summed E-state index contributed by atoms with van der Waals surface area (Å²) in [6.07, 6.45) is 0.320. The summed E-state index contributed by atoms with van der Waals surface area (Å²) in [5.74, 6) is 0.458. The van der Waals surface area contributed by atoms with Crippen LogP contribution in [0.3, 0.4) is 0 Å². The smallest absolute Gasteiger partial charge is 0.225 e. The molecule has 0 aliphatic rings. The van der Waals surface area contributed by atoms with E-state index in [1.54, 1.807) is 0 Å². The summed E-state index contributed by atoms with van der Waals surface area (Å²) in [5, 5.41) is 13.6. The van der Waals surface area contributed by atoms with Gasteiger partial charge in [0.25, 0.3) is 0 Å². The van der Waals surface area contributed by atoms with Crippen molar-refractivity contribution in [3.05, 3.63) is 102 Å². The summed E-state index contributed by atoms with van der Waals surface area (Å²) in [7, 11) is 0. The van der Waals surface area contributed by atoms with Crippen LogP contribution in [0.4, 0.5) is 5.69 Å². The standard InChI is InChI=1S/C29H25N3OS/c1-20-11-13-22(14-12-20)25-18-27(23-8-4-3-5-9-23)32-29(26(25)19-30)34-16-15-28(33)31-24-10-6-7-21(2)17-24/h3-14,17-18H,15-16H2,1-2H3,(H,31,33). The molecule has 0 fully saturated rings. The van der Waals surface area contributed by atoms with Crippen molar-refractivity contribution in [2.75, 3.05) is 11.1 Å². The molecule has 0 saturated heterocycles. The highest BCUT2D eigenvalue weighted by atomic mass is 32.2. The van der Waals surface area contributed by atoms with E-state index in [1.165, 1.54) is 11.8 Å². The lowest BCUT2D eigenvalue weighted by molar-refractivity contribution is -0.115.